The number of hydrogen-bond acceptors (Lipinski definition) is 4. The first-order chi connectivity index (χ1) is 24.3. The number of rotatable bonds is 4. The number of hydrogen-bond donors (Lipinski definition) is 0. The Morgan fingerprint density at radius 1 is 0.592 bits per heavy atom. The highest BCUT2D eigenvalue weighted by Gasteiger charge is 2.30. The topological polar surface area (TPSA) is 68.6 Å². The lowest BCUT2D eigenvalue weighted by Gasteiger charge is -2.28. The van der Waals surface area contributed by atoms with Crippen LogP contribution in [0.1, 0.15) is 11.1 Å². The Hall–Kier alpha value is -6.95. The van der Waals surface area contributed by atoms with Gasteiger partial charge < -0.3 is 4.90 Å². The summed E-state index contributed by atoms with van der Waals surface area (Å²) in [6, 6.07) is 54.9. The third-order valence-corrected chi connectivity index (χ3v) is 9.52. The highest BCUT2D eigenvalue weighted by Crippen LogP contribution is 2.54. The van der Waals surface area contributed by atoms with Crippen LogP contribution in [-0.4, -0.2) is 9.55 Å². The molecule has 0 saturated carbocycles. The van der Waals surface area contributed by atoms with Crippen molar-refractivity contribution in [3.63, 3.8) is 0 Å². The van der Waals surface area contributed by atoms with Gasteiger partial charge in [-0.25, -0.2) is 4.98 Å². The van der Waals surface area contributed by atoms with Gasteiger partial charge >= 0.3 is 0 Å². The first-order valence-corrected chi connectivity index (χ1v) is 16.2. The molecule has 6 aromatic carbocycles. The van der Waals surface area contributed by atoms with Crippen molar-refractivity contribution < 1.29 is 0 Å². The second-order valence-corrected chi connectivity index (χ2v) is 12.1. The van der Waals surface area contributed by atoms with Crippen molar-refractivity contribution in [3.05, 3.63) is 163 Å². The summed E-state index contributed by atoms with van der Waals surface area (Å²) < 4.78 is 2.25. The zero-order valence-corrected chi connectivity index (χ0v) is 26.4. The number of anilines is 3. The van der Waals surface area contributed by atoms with Gasteiger partial charge in [0.25, 0.3) is 0 Å². The van der Waals surface area contributed by atoms with Crippen LogP contribution in [0.3, 0.4) is 0 Å². The fourth-order valence-corrected chi connectivity index (χ4v) is 7.51. The van der Waals surface area contributed by atoms with Crippen LogP contribution in [0.2, 0.25) is 0 Å². The van der Waals surface area contributed by atoms with Crippen LogP contribution in [0.15, 0.2) is 152 Å². The Morgan fingerprint density at radius 3 is 2.10 bits per heavy atom. The summed E-state index contributed by atoms with van der Waals surface area (Å²) in [6.07, 6.45) is 2.07. The largest absolute Gasteiger partial charge is 0.309 e. The van der Waals surface area contributed by atoms with Crippen molar-refractivity contribution in [2.45, 2.75) is 6.42 Å². The maximum atomic E-state index is 9.99. The van der Waals surface area contributed by atoms with E-state index >= 15 is 0 Å². The smallest absolute Gasteiger partial charge is 0.137 e. The zero-order chi connectivity index (χ0) is 32.9. The monoisotopic (exact) mass is 625 g/mol. The third kappa shape index (κ3) is 4.34. The van der Waals surface area contributed by atoms with Crippen molar-refractivity contribution >= 4 is 38.9 Å². The normalized spacial score (nSPS) is 11.7. The van der Waals surface area contributed by atoms with Gasteiger partial charge in [0.15, 0.2) is 0 Å². The highest BCUT2D eigenvalue weighted by molar-refractivity contribution is 6.21. The quantitative estimate of drug-likeness (QED) is 0.195. The molecule has 0 aliphatic carbocycles. The lowest BCUT2D eigenvalue weighted by molar-refractivity contribution is 1.08. The van der Waals surface area contributed by atoms with Crippen LogP contribution >= 0.6 is 0 Å². The molecule has 5 nitrogen and oxygen atoms in total. The number of nitrogens with zero attached hydrogens (tertiary/aromatic N) is 5. The fraction of sp³-hybridized carbons (Fsp3) is 0.0227. The lowest BCUT2D eigenvalue weighted by atomic mass is 9.93. The molecule has 3 heterocycles. The lowest BCUT2D eigenvalue weighted by Crippen LogP contribution is -2.11. The molecule has 0 saturated heterocycles. The number of para-hydroxylation sites is 2. The van der Waals surface area contributed by atoms with Crippen LogP contribution in [0, 0.1) is 22.7 Å². The molecular weight excluding hydrogens is 599 g/mol. The first kappa shape index (κ1) is 28.3. The van der Waals surface area contributed by atoms with Gasteiger partial charge in [-0.3, -0.25) is 4.57 Å². The van der Waals surface area contributed by atoms with E-state index in [1.54, 1.807) is 0 Å². The maximum absolute atomic E-state index is 9.99. The van der Waals surface area contributed by atoms with Gasteiger partial charge in [0.05, 0.1) is 46.5 Å². The minimum absolute atomic E-state index is 0.232. The van der Waals surface area contributed by atoms with Crippen LogP contribution in [0.4, 0.5) is 17.1 Å². The minimum Gasteiger partial charge on any atom is -0.309 e. The van der Waals surface area contributed by atoms with E-state index in [1.807, 2.05) is 36.5 Å². The van der Waals surface area contributed by atoms with E-state index < -0.39 is 0 Å². The zero-order valence-electron chi connectivity index (χ0n) is 26.4. The van der Waals surface area contributed by atoms with Gasteiger partial charge in [-0.05, 0) is 70.8 Å². The predicted octanol–water partition coefficient (Wildman–Crippen LogP) is 10.9. The van der Waals surface area contributed by atoms with E-state index in [2.05, 4.69) is 137 Å². The second-order valence-electron chi connectivity index (χ2n) is 12.1. The third-order valence-electron chi connectivity index (χ3n) is 9.52. The molecule has 49 heavy (non-hydrogen) atoms. The number of pyridine rings is 1. The molecule has 5 heteroatoms. The van der Waals surface area contributed by atoms with Crippen molar-refractivity contribution in [3.8, 4) is 51.3 Å². The molecule has 0 atom stereocenters. The Kier molecular flexibility index (Phi) is 6.57. The SMILES string of the molecule is N#CCc1cccc(C#N)c1-c1ccc(N2c3ccccc3-c3ccccc3-c3ccc4c(c32)c2ccccc2n4-c2ccccn2)cc1. The van der Waals surface area contributed by atoms with Crippen molar-refractivity contribution in [2.24, 2.45) is 0 Å². The maximum Gasteiger partial charge on any atom is 0.137 e. The molecule has 0 bridgehead atoms. The van der Waals surface area contributed by atoms with E-state index in [-0.39, 0.29) is 6.42 Å². The summed E-state index contributed by atoms with van der Waals surface area (Å²) >= 11 is 0. The molecule has 8 aromatic rings. The minimum atomic E-state index is 0.232. The summed E-state index contributed by atoms with van der Waals surface area (Å²) in [6.45, 7) is 0. The van der Waals surface area contributed by atoms with E-state index in [4.69, 9.17) is 4.98 Å². The van der Waals surface area contributed by atoms with Gasteiger partial charge in [0, 0.05) is 39.3 Å². The van der Waals surface area contributed by atoms with E-state index in [9.17, 15) is 10.5 Å². The van der Waals surface area contributed by atoms with E-state index in [0.29, 0.717) is 5.56 Å². The van der Waals surface area contributed by atoms with Gasteiger partial charge in [-0.2, -0.15) is 10.5 Å². The molecule has 2 aromatic heterocycles. The van der Waals surface area contributed by atoms with Crippen LogP contribution in [-0.2, 0) is 6.42 Å². The molecule has 1 aliphatic heterocycles. The standard InChI is InChI=1S/C44H27N5/c45-26-25-29-10-9-11-31(28-46)42(29)30-19-21-32(22-20-30)48-38-16-5-3-14-35(38)33-12-1-2-13-34(33)36-23-24-40-43(44(36)48)37-15-4-6-17-39(37)49(40)41-18-7-8-27-47-41/h1-24,27H,25H2. The Balaban J connectivity index is 1.37. The molecule has 9 rings (SSSR count). The average molecular weight is 626 g/mol. The number of aromatic nitrogens is 2. The van der Waals surface area contributed by atoms with Gasteiger partial charge in [0.2, 0.25) is 0 Å². The van der Waals surface area contributed by atoms with Crippen molar-refractivity contribution in [1.82, 2.24) is 9.55 Å². The summed E-state index contributed by atoms with van der Waals surface area (Å²) in [5.41, 5.74) is 13.1. The predicted molar refractivity (Wildman–Crippen MR) is 197 cm³/mol. The molecule has 1 aliphatic rings. The first-order valence-electron chi connectivity index (χ1n) is 16.2. The van der Waals surface area contributed by atoms with Crippen LogP contribution < -0.4 is 4.90 Å². The van der Waals surface area contributed by atoms with Gasteiger partial charge in [-0.15, -0.1) is 0 Å². The summed E-state index contributed by atoms with van der Waals surface area (Å²) in [7, 11) is 0. The molecule has 0 spiro atoms. The molecule has 228 valence electrons. The van der Waals surface area contributed by atoms with E-state index in [1.165, 1.54) is 11.1 Å². The number of benzene rings is 6. The van der Waals surface area contributed by atoms with E-state index in [0.717, 1.165) is 72.5 Å². The molecule has 0 amide bonds. The number of fused-ring (bicyclic) bond motifs is 9. The van der Waals surface area contributed by atoms with Crippen LogP contribution in [0.25, 0.3) is 61.0 Å². The Morgan fingerprint density at radius 2 is 1.33 bits per heavy atom. The summed E-state index contributed by atoms with van der Waals surface area (Å²) in [4.78, 5) is 7.17. The molecule has 0 N–H and O–H groups in total. The van der Waals surface area contributed by atoms with Crippen molar-refractivity contribution in [2.75, 3.05) is 4.90 Å². The molecule has 0 fully saturated rings. The fourth-order valence-electron chi connectivity index (χ4n) is 7.51. The van der Waals surface area contributed by atoms with Gasteiger partial charge in [-0.1, -0.05) is 97.1 Å². The van der Waals surface area contributed by atoms with Gasteiger partial charge in [0.1, 0.15) is 5.82 Å². The van der Waals surface area contributed by atoms with Crippen molar-refractivity contribution in [1.29, 1.82) is 10.5 Å². The summed E-state index contributed by atoms with van der Waals surface area (Å²) in [5.74, 6) is 0.864. The highest BCUT2D eigenvalue weighted by atomic mass is 15.2. The second kappa shape index (κ2) is 11.4. The van der Waals surface area contributed by atoms with Crippen LogP contribution in [0.5, 0.6) is 0 Å². The Labute approximate surface area is 283 Å². The average Bonchev–Trinajstić information content (AvgIpc) is 3.44. The molecular formula is C44H27N5. The summed E-state index contributed by atoms with van der Waals surface area (Å²) in [5, 5.41) is 21.8. The molecule has 0 unspecified atom stereocenters. The molecule has 0 radical (unpaired) electrons. The Bertz CT molecular complexity index is 2660. The number of nitriles is 2.